The Balaban J connectivity index is 2.21. The first-order chi connectivity index (χ1) is 12.0. The predicted octanol–water partition coefficient (Wildman–Crippen LogP) is 4.36. The van der Waals surface area contributed by atoms with Crippen LogP contribution in [-0.2, 0) is 9.53 Å². The molecule has 0 heterocycles. The van der Waals surface area contributed by atoms with E-state index in [9.17, 15) is 9.59 Å². The number of carbonyl (C=O) groups excluding carboxylic acids is 2. The topological polar surface area (TPSA) is 46.6 Å². The van der Waals surface area contributed by atoms with E-state index in [-0.39, 0.29) is 23.8 Å². The molecular weight excluding hydrogens is 314 g/mol. The van der Waals surface area contributed by atoms with Crippen LogP contribution in [0.25, 0.3) is 0 Å². The zero-order valence-electron chi connectivity index (χ0n) is 15.8. The number of rotatable bonds is 5. The number of esters is 1. The van der Waals surface area contributed by atoms with Gasteiger partial charge in [0.15, 0.2) is 0 Å². The Bertz CT molecular complexity index is 559. The molecule has 0 aromatic heterocycles. The Labute approximate surface area is 151 Å². The SMILES string of the molecule is COC(=O)C(C)CN(C(=O)c1ccc(C)cc1)C1CCCCCCC1. The van der Waals surface area contributed by atoms with Crippen LogP contribution in [0, 0.1) is 12.8 Å². The van der Waals surface area contributed by atoms with E-state index in [1.54, 1.807) is 0 Å². The van der Waals surface area contributed by atoms with Crippen molar-refractivity contribution in [2.24, 2.45) is 5.92 Å². The molecule has 25 heavy (non-hydrogen) atoms. The molecule has 0 radical (unpaired) electrons. The number of carbonyl (C=O) groups is 2. The van der Waals surface area contributed by atoms with Crippen molar-refractivity contribution in [1.29, 1.82) is 0 Å². The number of hydrogen-bond acceptors (Lipinski definition) is 3. The van der Waals surface area contributed by atoms with Crippen molar-refractivity contribution < 1.29 is 14.3 Å². The fraction of sp³-hybridized carbons (Fsp3) is 0.619. The fourth-order valence-corrected chi connectivity index (χ4v) is 3.58. The molecule has 0 aliphatic heterocycles. The molecule has 2 rings (SSSR count). The van der Waals surface area contributed by atoms with Crippen LogP contribution in [0.15, 0.2) is 24.3 Å². The Morgan fingerprint density at radius 1 is 1.08 bits per heavy atom. The van der Waals surface area contributed by atoms with Gasteiger partial charge in [0, 0.05) is 18.2 Å². The summed E-state index contributed by atoms with van der Waals surface area (Å²) in [7, 11) is 1.40. The third-order valence-electron chi connectivity index (χ3n) is 5.15. The minimum Gasteiger partial charge on any atom is -0.469 e. The van der Waals surface area contributed by atoms with Gasteiger partial charge in [-0.3, -0.25) is 9.59 Å². The summed E-state index contributed by atoms with van der Waals surface area (Å²) in [4.78, 5) is 27.0. The number of amides is 1. The molecule has 0 bridgehead atoms. The maximum atomic E-state index is 13.2. The number of nitrogens with zero attached hydrogens (tertiary/aromatic N) is 1. The minimum absolute atomic E-state index is 0.0290. The van der Waals surface area contributed by atoms with Gasteiger partial charge < -0.3 is 9.64 Å². The summed E-state index contributed by atoms with van der Waals surface area (Å²) in [6, 6.07) is 7.91. The van der Waals surface area contributed by atoms with Gasteiger partial charge in [0.05, 0.1) is 13.0 Å². The lowest BCUT2D eigenvalue weighted by atomic mass is 9.94. The fourth-order valence-electron chi connectivity index (χ4n) is 3.58. The molecule has 1 atom stereocenters. The van der Waals surface area contributed by atoms with Crippen molar-refractivity contribution in [2.75, 3.05) is 13.7 Å². The van der Waals surface area contributed by atoms with Gasteiger partial charge in [0.2, 0.25) is 0 Å². The third-order valence-corrected chi connectivity index (χ3v) is 5.15. The van der Waals surface area contributed by atoms with Crippen molar-refractivity contribution in [3.05, 3.63) is 35.4 Å². The maximum absolute atomic E-state index is 13.2. The van der Waals surface area contributed by atoms with Crippen LogP contribution in [0.5, 0.6) is 0 Å². The van der Waals surface area contributed by atoms with Crippen molar-refractivity contribution in [2.45, 2.75) is 64.8 Å². The summed E-state index contributed by atoms with van der Waals surface area (Å²) < 4.78 is 4.87. The molecule has 1 amide bonds. The highest BCUT2D eigenvalue weighted by Gasteiger charge is 2.28. The summed E-state index contributed by atoms with van der Waals surface area (Å²) in [5.41, 5.74) is 1.83. The molecule has 1 aromatic rings. The van der Waals surface area contributed by atoms with E-state index in [1.807, 2.05) is 43.0 Å². The van der Waals surface area contributed by atoms with E-state index in [0.717, 1.165) is 31.2 Å². The summed E-state index contributed by atoms with van der Waals surface area (Å²) in [6.45, 7) is 4.27. The predicted molar refractivity (Wildman–Crippen MR) is 99.5 cm³/mol. The monoisotopic (exact) mass is 345 g/mol. The highest BCUT2D eigenvalue weighted by Crippen LogP contribution is 2.24. The van der Waals surface area contributed by atoms with Gasteiger partial charge >= 0.3 is 5.97 Å². The lowest BCUT2D eigenvalue weighted by Gasteiger charge is -2.34. The summed E-state index contributed by atoms with van der Waals surface area (Å²) >= 11 is 0. The first-order valence-corrected chi connectivity index (χ1v) is 9.48. The third kappa shape index (κ3) is 5.58. The average Bonchev–Trinajstić information content (AvgIpc) is 2.59. The second kappa shape index (κ2) is 9.59. The van der Waals surface area contributed by atoms with Crippen molar-refractivity contribution >= 4 is 11.9 Å². The number of methoxy groups -OCH3 is 1. The van der Waals surface area contributed by atoms with Crippen LogP contribution in [-0.4, -0.2) is 36.5 Å². The molecule has 1 aliphatic rings. The largest absolute Gasteiger partial charge is 0.469 e. The van der Waals surface area contributed by atoms with Crippen LogP contribution < -0.4 is 0 Å². The number of aryl methyl sites for hydroxylation is 1. The van der Waals surface area contributed by atoms with Gasteiger partial charge in [-0.15, -0.1) is 0 Å². The number of ether oxygens (including phenoxy) is 1. The van der Waals surface area contributed by atoms with Gasteiger partial charge in [-0.2, -0.15) is 0 Å². The van der Waals surface area contributed by atoms with E-state index in [2.05, 4.69) is 0 Å². The number of hydrogen-bond donors (Lipinski definition) is 0. The first kappa shape index (κ1) is 19.5. The first-order valence-electron chi connectivity index (χ1n) is 9.48. The second-order valence-corrected chi connectivity index (χ2v) is 7.25. The Kier molecular flexibility index (Phi) is 7.48. The maximum Gasteiger partial charge on any atom is 0.310 e. The quantitative estimate of drug-likeness (QED) is 0.745. The molecule has 1 fully saturated rings. The van der Waals surface area contributed by atoms with Crippen LogP contribution in [0.1, 0.15) is 67.8 Å². The summed E-state index contributed by atoms with van der Waals surface area (Å²) in [5, 5.41) is 0. The van der Waals surface area contributed by atoms with E-state index in [1.165, 1.54) is 26.4 Å². The highest BCUT2D eigenvalue weighted by atomic mass is 16.5. The van der Waals surface area contributed by atoms with Gasteiger partial charge in [-0.25, -0.2) is 0 Å². The van der Waals surface area contributed by atoms with Crippen LogP contribution in [0.2, 0.25) is 0 Å². The summed E-state index contributed by atoms with van der Waals surface area (Å²) in [6.07, 6.45) is 8.09. The molecule has 1 unspecified atom stereocenters. The number of benzene rings is 1. The Morgan fingerprint density at radius 2 is 1.64 bits per heavy atom. The molecule has 1 aliphatic carbocycles. The van der Waals surface area contributed by atoms with Crippen LogP contribution in [0.3, 0.4) is 0 Å². The lowest BCUT2D eigenvalue weighted by molar-refractivity contribution is -0.145. The van der Waals surface area contributed by atoms with Crippen LogP contribution >= 0.6 is 0 Å². The molecule has 0 saturated heterocycles. The molecule has 0 spiro atoms. The van der Waals surface area contributed by atoms with Crippen molar-refractivity contribution in [3.63, 3.8) is 0 Å². The van der Waals surface area contributed by atoms with Crippen LogP contribution in [0.4, 0.5) is 0 Å². The standard InChI is InChI=1S/C21H31NO3/c1-16-11-13-18(14-12-16)20(23)22(15-17(2)21(24)25-3)19-9-7-5-4-6-8-10-19/h11-14,17,19H,4-10,15H2,1-3H3. The Hall–Kier alpha value is -1.84. The van der Waals surface area contributed by atoms with Gasteiger partial charge in [0.1, 0.15) is 0 Å². The highest BCUT2D eigenvalue weighted by molar-refractivity contribution is 5.94. The normalized spacial score (nSPS) is 17.2. The molecule has 1 saturated carbocycles. The van der Waals surface area contributed by atoms with E-state index in [0.29, 0.717) is 12.1 Å². The molecule has 4 nitrogen and oxygen atoms in total. The average molecular weight is 345 g/mol. The van der Waals surface area contributed by atoms with Crippen molar-refractivity contribution in [3.8, 4) is 0 Å². The Morgan fingerprint density at radius 3 is 2.20 bits per heavy atom. The van der Waals surface area contributed by atoms with E-state index >= 15 is 0 Å². The lowest BCUT2D eigenvalue weighted by Crippen LogP contribution is -2.44. The van der Waals surface area contributed by atoms with Crippen molar-refractivity contribution in [1.82, 2.24) is 4.90 Å². The van der Waals surface area contributed by atoms with Gasteiger partial charge in [-0.1, -0.05) is 56.7 Å². The van der Waals surface area contributed by atoms with Gasteiger partial charge in [-0.05, 0) is 31.9 Å². The molecule has 138 valence electrons. The summed E-state index contributed by atoms with van der Waals surface area (Å²) in [5.74, 6) is -0.543. The minimum atomic E-state index is -0.315. The van der Waals surface area contributed by atoms with E-state index in [4.69, 9.17) is 4.74 Å². The molecule has 1 aromatic carbocycles. The molecule has 4 heteroatoms. The smallest absolute Gasteiger partial charge is 0.310 e. The molecule has 0 N–H and O–H groups in total. The van der Waals surface area contributed by atoms with E-state index < -0.39 is 0 Å². The second-order valence-electron chi connectivity index (χ2n) is 7.25. The zero-order valence-corrected chi connectivity index (χ0v) is 15.8. The molecular formula is C21H31NO3. The zero-order chi connectivity index (χ0) is 18.2. The van der Waals surface area contributed by atoms with Gasteiger partial charge in [0.25, 0.3) is 5.91 Å².